The van der Waals surface area contributed by atoms with E-state index in [1.165, 1.54) is 6.20 Å². The first-order valence-corrected chi connectivity index (χ1v) is 11.5. The maximum atomic E-state index is 12.7. The molecule has 0 saturated carbocycles. The number of hydrogen-bond acceptors (Lipinski definition) is 5. The average molecular weight is 494 g/mol. The highest BCUT2D eigenvalue weighted by Crippen LogP contribution is 2.44. The molecule has 9 heteroatoms. The van der Waals surface area contributed by atoms with Crippen molar-refractivity contribution in [1.29, 1.82) is 0 Å². The van der Waals surface area contributed by atoms with Crippen LogP contribution in [0.4, 0.5) is 4.79 Å². The van der Waals surface area contributed by atoms with Crippen LogP contribution in [0.15, 0.2) is 66.9 Å². The molecule has 3 N–H and O–H groups in total. The lowest BCUT2D eigenvalue weighted by atomic mass is 9.98. The van der Waals surface area contributed by atoms with Crippen molar-refractivity contribution in [3.05, 3.63) is 88.7 Å². The highest BCUT2D eigenvalue weighted by molar-refractivity contribution is 6.30. The molecule has 35 heavy (non-hydrogen) atoms. The van der Waals surface area contributed by atoms with Gasteiger partial charge in [-0.2, -0.15) is 0 Å². The maximum Gasteiger partial charge on any atom is 0.407 e. The Bertz CT molecular complexity index is 1190. The molecule has 4 rings (SSSR count). The largest absolute Gasteiger partial charge is 0.481 e. The molecule has 0 fully saturated rings. The molecule has 1 heterocycles. The molecule has 1 aromatic heterocycles. The number of carbonyl (C=O) groups is 3. The summed E-state index contributed by atoms with van der Waals surface area (Å²) in [4.78, 5) is 40.5. The van der Waals surface area contributed by atoms with E-state index in [0.717, 1.165) is 22.3 Å². The van der Waals surface area contributed by atoms with Crippen LogP contribution in [0.3, 0.4) is 0 Å². The number of carbonyl (C=O) groups excluding carboxylic acids is 2. The summed E-state index contributed by atoms with van der Waals surface area (Å²) in [6, 6.07) is 18.2. The van der Waals surface area contributed by atoms with Gasteiger partial charge in [-0.1, -0.05) is 60.1 Å². The molecule has 8 nitrogen and oxygen atoms in total. The van der Waals surface area contributed by atoms with Crippen LogP contribution in [0.5, 0.6) is 0 Å². The second kappa shape index (κ2) is 11.0. The number of rotatable bonds is 9. The van der Waals surface area contributed by atoms with Crippen molar-refractivity contribution in [3.63, 3.8) is 0 Å². The average Bonchev–Trinajstić information content (AvgIpc) is 3.18. The molecule has 3 aromatic rings. The molecule has 2 amide bonds. The van der Waals surface area contributed by atoms with Crippen molar-refractivity contribution in [2.75, 3.05) is 6.61 Å². The molecule has 1 atom stereocenters. The van der Waals surface area contributed by atoms with Crippen molar-refractivity contribution < 1.29 is 24.2 Å². The second-order valence-corrected chi connectivity index (χ2v) is 8.58. The summed E-state index contributed by atoms with van der Waals surface area (Å²) in [5, 5.41) is 14.7. The summed E-state index contributed by atoms with van der Waals surface area (Å²) < 4.78 is 5.50. The molecular weight excluding hydrogens is 470 g/mol. The van der Waals surface area contributed by atoms with Crippen molar-refractivity contribution in [3.8, 4) is 11.1 Å². The highest BCUT2D eigenvalue weighted by atomic mass is 35.5. The molecule has 180 valence electrons. The van der Waals surface area contributed by atoms with Crippen molar-refractivity contribution in [2.45, 2.75) is 31.3 Å². The summed E-state index contributed by atoms with van der Waals surface area (Å²) in [6.45, 7) is 0.188. The van der Waals surface area contributed by atoms with Crippen LogP contribution >= 0.6 is 11.6 Å². The number of nitrogens with zero attached hydrogens (tertiary/aromatic N) is 1. The maximum absolute atomic E-state index is 12.7. The summed E-state index contributed by atoms with van der Waals surface area (Å²) >= 11 is 5.82. The van der Waals surface area contributed by atoms with E-state index >= 15 is 0 Å². The van der Waals surface area contributed by atoms with Crippen molar-refractivity contribution >= 4 is 29.6 Å². The predicted molar refractivity (Wildman–Crippen MR) is 130 cm³/mol. The van der Waals surface area contributed by atoms with Crippen LogP contribution in [-0.2, 0) is 20.9 Å². The van der Waals surface area contributed by atoms with Crippen molar-refractivity contribution in [2.24, 2.45) is 0 Å². The third kappa shape index (κ3) is 5.96. The van der Waals surface area contributed by atoms with Crippen LogP contribution in [0, 0.1) is 0 Å². The number of aliphatic carboxylic acids is 1. The smallest absolute Gasteiger partial charge is 0.407 e. The number of aromatic nitrogens is 1. The van der Waals surface area contributed by atoms with Gasteiger partial charge in [0.1, 0.15) is 12.6 Å². The van der Waals surface area contributed by atoms with Crippen LogP contribution in [0.25, 0.3) is 11.1 Å². The monoisotopic (exact) mass is 493 g/mol. The Balaban J connectivity index is 1.38. The van der Waals surface area contributed by atoms with Gasteiger partial charge in [0.15, 0.2) is 0 Å². The number of benzene rings is 2. The summed E-state index contributed by atoms with van der Waals surface area (Å²) in [7, 11) is 0. The van der Waals surface area contributed by atoms with Crippen LogP contribution in [0.1, 0.15) is 35.6 Å². The first kappa shape index (κ1) is 24.2. The SMILES string of the molecule is O=C(O)CCC(NC(=O)OCC1c2ccccc2-c2ccccc21)C(=O)NCc1ccc(Cl)cn1. The first-order valence-electron chi connectivity index (χ1n) is 11.1. The molecule has 0 spiro atoms. The number of amides is 2. The summed E-state index contributed by atoms with van der Waals surface area (Å²) in [6.07, 6.45) is 0.294. The van der Waals surface area contributed by atoms with E-state index < -0.39 is 24.0 Å². The summed E-state index contributed by atoms with van der Waals surface area (Å²) in [5.41, 5.74) is 4.91. The van der Waals surface area contributed by atoms with E-state index in [9.17, 15) is 14.4 Å². The molecule has 1 aliphatic rings. The minimum atomic E-state index is -1.07. The minimum Gasteiger partial charge on any atom is -0.481 e. The predicted octanol–water partition coefficient (Wildman–Crippen LogP) is 4.12. The number of ether oxygens (including phenoxy) is 1. The minimum absolute atomic E-state index is 0.0839. The fraction of sp³-hybridized carbons (Fsp3) is 0.231. The van der Waals surface area contributed by atoms with E-state index in [1.807, 2.05) is 48.5 Å². The molecule has 0 saturated heterocycles. The number of carboxylic acids is 1. The zero-order valence-electron chi connectivity index (χ0n) is 18.7. The number of carboxylic acid groups (broad SMARTS) is 1. The van der Waals surface area contributed by atoms with E-state index in [2.05, 4.69) is 15.6 Å². The quantitative estimate of drug-likeness (QED) is 0.412. The Hall–Kier alpha value is -3.91. The fourth-order valence-electron chi connectivity index (χ4n) is 4.13. The van der Waals surface area contributed by atoms with Crippen LogP contribution < -0.4 is 10.6 Å². The van der Waals surface area contributed by atoms with E-state index in [-0.39, 0.29) is 31.9 Å². The topological polar surface area (TPSA) is 118 Å². The second-order valence-electron chi connectivity index (χ2n) is 8.14. The number of pyridine rings is 1. The zero-order chi connectivity index (χ0) is 24.8. The number of nitrogens with one attached hydrogen (secondary N) is 2. The Morgan fingerprint density at radius 2 is 1.66 bits per heavy atom. The fourth-order valence-corrected chi connectivity index (χ4v) is 4.24. The third-order valence-corrected chi connectivity index (χ3v) is 6.06. The van der Waals surface area contributed by atoms with Gasteiger partial charge in [0, 0.05) is 18.5 Å². The first-order chi connectivity index (χ1) is 16.9. The van der Waals surface area contributed by atoms with Crippen LogP contribution in [0.2, 0.25) is 5.02 Å². The zero-order valence-corrected chi connectivity index (χ0v) is 19.5. The number of hydrogen-bond donors (Lipinski definition) is 3. The lowest BCUT2D eigenvalue weighted by molar-refractivity contribution is -0.137. The van der Waals surface area contributed by atoms with E-state index in [0.29, 0.717) is 10.7 Å². The van der Waals surface area contributed by atoms with E-state index in [4.69, 9.17) is 21.4 Å². The molecule has 0 aliphatic heterocycles. The third-order valence-electron chi connectivity index (χ3n) is 5.83. The number of alkyl carbamates (subject to hydrolysis) is 1. The molecule has 0 radical (unpaired) electrons. The Morgan fingerprint density at radius 1 is 1.00 bits per heavy atom. The van der Waals surface area contributed by atoms with Gasteiger partial charge < -0.3 is 20.5 Å². The van der Waals surface area contributed by atoms with Gasteiger partial charge >= 0.3 is 12.1 Å². The highest BCUT2D eigenvalue weighted by Gasteiger charge is 2.30. The van der Waals surface area contributed by atoms with E-state index in [1.54, 1.807) is 12.1 Å². The van der Waals surface area contributed by atoms with Gasteiger partial charge in [-0.15, -0.1) is 0 Å². The van der Waals surface area contributed by atoms with Crippen LogP contribution in [-0.4, -0.2) is 40.7 Å². The summed E-state index contributed by atoms with van der Waals surface area (Å²) in [5.74, 6) is -1.73. The number of fused-ring (bicyclic) bond motifs is 3. The number of halogens is 1. The Kier molecular flexibility index (Phi) is 7.62. The molecule has 1 aliphatic carbocycles. The molecule has 0 bridgehead atoms. The Morgan fingerprint density at radius 3 is 2.26 bits per heavy atom. The Labute approximate surface area is 207 Å². The molecule has 1 unspecified atom stereocenters. The lowest BCUT2D eigenvalue weighted by Gasteiger charge is -2.19. The molecule has 2 aromatic carbocycles. The van der Waals surface area contributed by atoms with Gasteiger partial charge in [0.05, 0.1) is 17.3 Å². The van der Waals surface area contributed by atoms with Gasteiger partial charge in [-0.05, 0) is 40.8 Å². The van der Waals surface area contributed by atoms with Gasteiger partial charge in [0.25, 0.3) is 0 Å². The molecular formula is C26H24ClN3O5. The lowest BCUT2D eigenvalue weighted by Crippen LogP contribution is -2.47. The van der Waals surface area contributed by atoms with Crippen molar-refractivity contribution in [1.82, 2.24) is 15.6 Å². The normalized spacial score (nSPS) is 12.8. The van der Waals surface area contributed by atoms with Gasteiger partial charge in [0.2, 0.25) is 5.91 Å². The van der Waals surface area contributed by atoms with Gasteiger partial charge in [-0.3, -0.25) is 14.6 Å². The van der Waals surface area contributed by atoms with Gasteiger partial charge in [-0.25, -0.2) is 4.79 Å². The standard InChI is InChI=1S/C26H24ClN3O5/c27-16-9-10-17(28-13-16)14-29-25(33)23(11-12-24(31)32)30-26(34)35-15-22-20-7-3-1-5-18(20)19-6-2-4-8-21(19)22/h1-10,13,22-23H,11-12,14-15H2,(H,29,33)(H,30,34)(H,31,32).